The normalized spacial score (nSPS) is 15.5. The molecule has 2 heterocycles. The third-order valence-electron chi connectivity index (χ3n) is 3.89. The van der Waals surface area contributed by atoms with Crippen LogP contribution >= 0.6 is 11.3 Å². The van der Waals surface area contributed by atoms with E-state index in [0.29, 0.717) is 28.6 Å². The van der Waals surface area contributed by atoms with Gasteiger partial charge in [-0.25, -0.2) is 13.8 Å². The van der Waals surface area contributed by atoms with Gasteiger partial charge in [0.05, 0.1) is 5.69 Å². The molecule has 1 aromatic heterocycles. The SMILES string of the molecule is O=C(Nc1nc(-c2ccc(F)c(F)c2)cs1)[C@@H]1Cc2ccccc2O1. The number of nitrogens with zero attached hydrogens (tertiary/aromatic N) is 1. The van der Waals surface area contributed by atoms with Gasteiger partial charge in [0, 0.05) is 17.4 Å². The second-order valence-corrected chi connectivity index (χ2v) is 6.43. The number of hydrogen-bond acceptors (Lipinski definition) is 4. The number of rotatable bonds is 3. The standard InChI is InChI=1S/C18H12F2N2O2S/c19-12-6-5-10(7-13(12)20)14-9-25-18(21-14)22-17(23)16-8-11-3-1-2-4-15(11)24-16/h1-7,9,16H,8H2,(H,21,22,23)/t16-/m0/s1. The molecule has 1 aliphatic rings. The fourth-order valence-corrected chi connectivity index (χ4v) is 3.36. The van der Waals surface area contributed by atoms with Crippen molar-refractivity contribution in [2.75, 3.05) is 5.32 Å². The Morgan fingerprint density at radius 2 is 2.04 bits per heavy atom. The molecular weight excluding hydrogens is 346 g/mol. The molecule has 1 atom stereocenters. The third kappa shape index (κ3) is 3.10. The number of carbonyl (C=O) groups is 1. The van der Waals surface area contributed by atoms with Gasteiger partial charge in [-0.1, -0.05) is 18.2 Å². The van der Waals surface area contributed by atoms with E-state index in [1.54, 1.807) is 5.38 Å². The second kappa shape index (κ2) is 6.25. The Morgan fingerprint density at radius 3 is 2.84 bits per heavy atom. The highest BCUT2D eigenvalue weighted by Gasteiger charge is 2.29. The average molecular weight is 358 g/mol. The van der Waals surface area contributed by atoms with Crippen molar-refractivity contribution < 1.29 is 18.3 Å². The molecule has 0 radical (unpaired) electrons. The summed E-state index contributed by atoms with van der Waals surface area (Å²) < 4.78 is 32.0. The Kier molecular flexibility index (Phi) is 3.93. The average Bonchev–Trinajstić information content (AvgIpc) is 3.24. The van der Waals surface area contributed by atoms with Crippen molar-refractivity contribution >= 4 is 22.4 Å². The van der Waals surface area contributed by atoms with Gasteiger partial charge in [0.2, 0.25) is 0 Å². The summed E-state index contributed by atoms with van der Waals surface area (Å²) in [6, 6.07) is 11.1. The molecule has 7 heteroatoms. The quantitative estimate of drug-likeness (QED) is 0.769. The van der Waals surface area contributed by atoms with Crippen LogP contribution in [0.2, 0.25) is 0 Å². The fraction of sp³-hybridized carbons (Fsp3) is 0.111. The van der Waals surface area contributed by atoms with E-state index < -0.39 is 17.7 Å². The molecule has 0 unspecified atom stereocenters. The minimum absolute atomic E-state index is 0.289. The molecule has 1 aliphatic heterocycles. The Hall–Kier alpha value is -2.80. The maximum Gasteiger partial charge on any atom is 0.267 e. The largest absolute Gasteiger partial charge is 0.480 e. The number of aromatic nitrogens is 1. The van der Waals surface area contributed by atoms with Crippen molar-refractivity contribution in [3.8, 4) is 17.0 Å². The second-order valence-electron chi connectivity index (χ2n) is 5.57. The van der Waals surface area contributed by atoms with E-state index in [1.807, 2.05) is 24.3 Å². The summed E-state index contributed by atoms with van der Waals surface area (Å²) in [5.41, 5.74) is 1.90. The lowest BCUT2D eigenvalue weighted by molar-refractivity contribution is -0.122. The third-order valence-corrected chi connectivity index (χ3v) is 4.65. The van der Waals surface area contributed by atoms with Gasteiger partial charge in [-0.3, -0.25) is 10.1 Å². The molecular formula is C18H12F2N2O2S. The van der Waals surface area contributed by atoms with Crippen molar-refractivity contribution in [3.05, 3.63) is 65.0 Å². The molecule has 1 N–H and O–H groups in total. The molecule has 0 bridgehead atoms. The smallest absolute Gasteiger partial charge is 0.267 e. The molecule has 126 valence electrons. The number of thiazole rings is 1. The number of hydrogen-bond donors (Lipinski definition) is 1. The Morgan fingerprint density at radius 1 is 1.20 bits per heavy atom. The lowest BCUT2D eigenvalue weighted by Crippen LogP contribution is -2.31. The lowest BCUT2D eigenvalue weighted by atomic mass is 10.1. The zero-order chi connectivity index (χ0) is 17.4. The maximum atomic E-state index is 13.3. The van der Waals surface area contributed by atoms with Gasteiger partial charge in [0.1, 0.15) is 5.75 Å². The van der Waals surface area contributed by atoms with Crippen LogP contribution in [0.25, 0.3) is 11.3 Å². The highest BCUT2D eigenvalue weighted by molar-refractivity contribution is 7.14. The van der Waals surface area contributed by atoms with E-state index >= 15 is 0 Å². The maximum absolute atomic E-state index is 13.3. The Bertz CT molecular complexity index is 933. The number of para-hydroxylation sites is 1. The van der Waals surface area contributed by atoms with Crippen LogP contribution in [0, 0.1) is 11.6 Å². The summed E-state index contributed by atoms with van der Waals surface area (Å²) in [5, 5.41) is 4.76. The van der Waals surface area contributed by atoms with Gasteiger partial charge >= 0.3 is 0 Å². The van der Waals surface area contributed by atoms with Crippen LogP contribution in [-0.2, 0) is 11.2 Å². The Balaban J connectivity index is 1.46. The van der Waals surface area contributed by atoms with E-state index in [4.69, 9.17) is 4.74 Å². The summed E-state index contributed by atoms with van der Waals surface area (Å²) in [5.74, 6) is -1.43. The predicted octanol–water partition coefficient (Wildman–Crippen LogP) is 4.03. The first-order valence-corrected chi connectivity index (χ1v) is 8.44. The highest BCUT2D eigenvalue weighted by Crippen LogP contribution is 2.30. The summed E-state index contributed by atoms with van der Waals surface area (Å²) in [4.78, 5) is 16.6. The summed E-state index contributed by atoms with van der Waals surface area (Å²) in [6.07, 6.45) is -0.100. The number of benzene rings is 2. The van der Waals surface area contributed by atoms with E-state index in [-0.39, 0.29) is 5.91 Å². The van der Waals surface area contributed by atoms with Crippen molar-refractivity contribution in [3.63, 3.8) is 0 Å². The zero-order valence-electron chi connectivity index (χ0n) is 12.8. The van der Waals surface area contributed by atoms with E-state index in [2.05, 4.69) is 10.3 Å². The van der Waals surface area contributed by atoms with Crippen LogP contribution < -0.4 is 10.1 Å². The minimum atomic E-state index is -0.937. The fourth-order valence-electron chi connectivity index (χ4n) is 2.63. The topological polar surface area (TPSA) is 51.2 Å². The summed E-state index contributed by atoms with van der Waals surface area (Å²) in [7, 11) is 0. The molecule has 0 spiro atoms. The van der Waals surface area contributed by atoms with Crippen LogP contribution in [0.3, 0.4) is 0 Å². The molecule has 4 rings (SSSR count). The van der Waals surface area contributed by atoms with Crippen molar-refractivity contribution in [2.45, 2.75) is 12.5 Å². The molecule has 3 aromatic rings. The number of ether oxygens (including phenoxy) is 1. The van der Waals surface area contributed by atoms with Crippen LogP contribution in [0.1, 0.15) is 5.56 Å². The van der Waals surface area contributed by atoms with Crippen molar-refractivity contribution in [1.82, 2.24) is 4.98 Å². The molecule has 0 saturated heterocycles. The zero-order valence-corrected chi connectivity index (χ0v) is 13.6. The van der Waals surface area contributed by atoms with Crippen LogP contribution in [0.15, 0.2) is 47.8 Å². The van der Waals surface area contributed by atoms with Crippen molar-refractivity contribution in [1.29, 1.82) is 0 Å². The molecule has 1 amide bonds. The van der Waals surface area contributed by atoms with Crippen molar-refractivity contribution in [2.24, 2.45) is 0 Å². The first-order chi connectivity index (χ1) is 12.1. The van der Waals surface area contributed by atoms with Gasteiger partial charge in [-0.15, -0.1) is 11.3 Å². The molecule has 4 nitrogen and oxygen atoms in total. The molecule has 25 heavy (non-hydrogen) atoms. The summed E-state index contributed by atoms with van der Waals surface area (Å²) >= 11 is 1.21. The Labute approximate surface area is 146 Å². The first kappa shape index (κ1) is 15.7. The highest BCUT2D eigenvalue weighted by atomic mass is 32.1. The number of nitrogens with one attached hydrogen (secondary N) is 1. The molecule has 0 fully saturated rings. The molecule has 0 saturated carbocycles. The van der Waals surface area contributed by atoms with Gasteiger partial charge in [-0.2, -0.15) is 0 Å². The number of carbonyl (C=O) groups excluding carboxylic acids is 1. The molecule has 0 aliphatic carbocycles. The van der Waals surface area contributed by atoms with Gasteiger partial charge in [-0.05, 0) is 29.8 Å². The number of anilines is 1. The summed E-state index contributed by atoms with van der Waals surface area (Å²) in [6.45, 7) is 0. The van der Waals surface area contributed by atoms with E-state index in [0.717, 1.165) is 17.7 Å². The first-order valence-electron chi connectivity index (χ1n) is 7.56. The predicted molar refractivity (Wildman–Crippen MR) is 90.7 cm³/mol. The van der Waals surface area contributed by atoms with Gasteiger partial charge in [0.15, 0.2) is 22.9 Å². The number of amides is 1. The van der Waals surface area contributed by atoms with Gasteiger partial charge < -0.3 is 4.74 Å². The number of halogens is 2. The number of fused-ring (bicyclic) bond motifs is 1. The van der Waals surface area contributed by atoms with Crippen LogP contribution in [0.5, 0.6) is 5.75 Å². The van der Waals surface area contributed by atoms with E-state index in [1.165, 1.54) is 17.4 Å². The minimum Gasteiger partial charge on any atom is -0.480 e. The van der Waals surface area contributed by atoms with Gasteiger partial charge in [0.25, 0.3) is 5.91 Å². The monoisotopic (exact) mass is 358 g/mol. The van der Waals surface area contributed by atoms with Crippen LogP contribution in [-0.4, -0.2) is 17.0 Å². The lowest BCUT2D eigenvalue weighted by Gasteiger charge is -2.09. The van der Waals surface area contributed by atoms with E-state index in [9.17, 15) is 13.6 Å². The molecule has 2 aromatic carbocycles. The van der Waals surface area contributed by atoms with Crippen LogP contribution in [0.4, 0.5) is 13.9 Å².